The summed E-state index contributed by atoms with van der Waals surface area (Å²) in [6.45, 7) is 10.8. The molecule has 0 bridgehead atoms. The summed E-state index contributed by atoms with van der Waals surface area (Å²) in [4.78, 5) is 0. The molecule has 5 saturated heterocycles. The summed E-state index contributed by atoms with van der Waals surface area (Å²) in [5.41, 5.74) is 1.32. The van der Waals surface area contributed by atoms with Gasteiger partial charge in [0.1, 0.15) is 72.9 Å². The average Bonchev–Trinajstić information content (AvgIpc) is 3.70. The fraction of sp³-hybridized carbons (Fsp3) is 0.956. The molecule has 26 atom stereocenters. The number of piperidine rings is 1. The Kier molecular flexibility index (Phi) is 12.9. The first-order valence-electron chi connectivity index (χ1n) is 23.5. The maximum Gasteiger partial charge on any atom is 0.187 e. The summed E-state index contributed by atoms with van der Waals surface area (Å²) in [5.74, 6) is 3.32. The van der Waals surface area contributed by atoms with Crippen molar-refractivity contribution in [2.24, 2.45) is 46.3 Å². The van der Waals surface area contributed by atoms with Gasteiger partial charge in [-0.1, -0.05) is 39.3 Å². The molecule has 9 aliphatic rings. The Balaban J connectivity index is 0.940. The maximum absolute atomic E-state index is 11.6. The van der Waals surface area contributed by atoms with Gasteiger partial charge in [-0.2, -0.15) is 0 Å². The normalized spacial score (nSPS) is 57.6. The van der Waals surface area contributed by atoms with Crippen LogP contribution in [0.1, 0.15) is 92.4 Å². The molecule has 17 nitrogen and oxygen atoms in total. The van der Waals surface area contributed by atoms with Crippen LogP contribution in [-0.4, -0.2) is 176 Å². The van der Waals surface area contributed by atoms with E-state index in [0.717, 1.165) is 38.6 Å². The molecule has 0 aromatic rings. The summed E-state index contributed by atoms with van der Waals surface area (Å²) >= 11 is 0. The number of allylic oxidation sites excluding steroid dienone is 1. The highest BCUT2D eigenvalue weighted by atomic mass is 16.8. The van der Waals surface area contributed by atoms with E-state index in [4.69, 9.17) is 33.2 Å². The Morgan fingerprint density at radius 1 is 0.694 bits per heavy atom. The number of ether oxygens (including phenoxy) is 7. The van der Waals surface area contributed by atoms with Gasteiger partial charge in [0, 0.05) is 12.5 Å². The Bertz CT molecular complexity index is 1610. The van der Waals surface area contributed by atoms with Gasteiger partial charge in [-0.3, -0.25) is 5.32 Å². The number of hydrogen-bond donors (Lipinski definition) is 10. The molecule has 4 unspecified atom stereocenters. The average molecular weight is 884 g/mol. The molecular formula is C45H73NO16. The van der Waals surface area contributed by atoms with Crippen molar-refractivity contribution in [2.75, 3.05) is 19.8 Å². The predicted molar refractivity (Wildman–Crippen MR) is 216 cm³/mol. The molecule has 4 aliphatic carbocycles. The summed E-state index contributed by atoms with van der Waals surface area (Å²) in [6.07, 6.45) is -11.9. The van der Waals surface area contributed by atoms with E-state index in [1.807, 2.05) is 0 Å². The molecular weight excluding hydrogens is 810 g/mol. The minimum absolute atomic E-state index is 0.0361. The maximum atomic E-state index is 11.6. The Morgan fingerprint density at radius 3 is 2.05 bits per heavy atom. The van der Waals surface area contributed by atoms with Crippen LogP contribution in [0.4, 0.5) is 0 Å². The Labute approximate surface area is 364 Å². The van der Waals surface area contributed by atoms with E-state index >= 15 is 0 Å². The van der Waals surface area contributed by atoms with Crippen molar-refractivity contribution >= 4 is 0 Å². The third-order valence-electron chi connectivity index (χ3n) is 17.9. The highest BCUT2D eigenvalue weighted by molar-refractivity contribution is 5.26. The van der Waals surface area contributed by atoms with Crippen LogP contribution in [0.5, 0.6) is 0 Å². The zero-order valence-corrected chi connectivity index (χ0v) is 36.7. The highest BCUT2D eigenvalue weighted by Crippen LogP contribution is 2.70. The van der Waals surface area contributed by atoms with Crippen molar-refractivity contribution in [1.29, 1.82) is 0 Å². The fourth-order valence-electron chi connectivity index (χ4n) is 14.2. The largest absolute Gasteiger partial charge is 0.394 e. The molecule has 1 spiro atoms. The lowest BCUT2D eigenvalue weighted by Gasteiger charge is -2.59. The molecule has 3 saturated carbocycles. The SMILES string of the molecule is CC1CC[C@@]2(NC1)O[C@H]1CC3C4CC=C5C[C@@H](O[C@@H]6O[C@H](CO)[C@H](O)[C@H](O[C@@H]7O[C@H](CO)[C@@H](O)[C@H](O)[C@H]7O)[C@H]6O[C@@H]6O[C@@H](C)[C@H](O)[C@@H](O)[C@H]6O)CC[C@]5(C)C4CC[C@]3(C)[C@H]1[C@@H]2C. The molecule has 0 aromatic carbocycles. The minimum Gasteiger partial charge on any atom is -0.394 e. The molecule has 10 N–H and O–H groups in total. The molecule has 354 valence electrons. The molecule has 5 aliphatic heterocycles. The number of hydrogen-bond acceptors (Lipinski definition) is 17. The Morgan fingerprint density at radius 2 is 1.35 bits per heavy atom. The van der Waals surface area contributed by atoms with E-state index in [0.29, 0.717) is 48.3 Å². The van der Waals surface area contributed by atoms with Gasteiger partial charge in [-0.25, -0.2) is 0 Å². The standard InChI is InChI=1S/C45H73NO16/c1-19-8-13-45(46-16-19)20(2)30-27(62-45)15-26-24-7-6-22-14-23(9-11-43(22,4)25(24)10-12-44(26,30)5)57-42-39(61-40-36(54)34(52)31(49)21(3)56-40)38(33(51)29(18-48)59-42)60-41-37(55)35(53)32(50)28(17-47)58-41/h6,19-21,23-42,46-55H,7-18H2,1-5H3/t19?,20-,21-,23-,24?,25?,26?,27-,28+,29+,30-,31-,32+,33-,34+,35-,36+,37+,38-,39+,40-,41-,42+,43-,44-,45+/m0/s1. The van der Waals surface area contributed by atoms with Gasteiger partial charge in [0.2, 0.25) is 0 Å². The molecule has 62 heavy (non-hydrogen) atoms. The predicted octanol–water partition coefficient (Wildman–Crippen LogP) is -0.213. The monoisotopic (exact) mass is 883 g/mol. The van der Waals surface area contributed by atoms with Crippen molar-refractivity contribution in [3.8, 4) is 0 Å². The van der Waals surface area contributed by atoms with Gasteiger partial charge in [0.25, 0.3) is 0 Å². The summed E-state index contributed by atoms with van der Waals surface area (Å²) in [7, 11) is 0. The fourth-order valence-corrected chi connectivity index (χ4v) is 14.2. The zero-order valence-electron chi connectivity index (χ0n) is 36.7. The van der Waals surface area contributed by atoms with Crippen LogP contribution >= 0.6 is 0 Å². The van der Waals surface area contributed by atoms with Crippen molar-refractivity contribution in [3.05, 3.63) is 11.6 Å². The lowest BCUT2D eigenvalue weighted by atomic mass is 9.47. The summed E-state index contributed by atoms with van der Waals surface area (Å²) in [6, 6.07) is 0. The second kappa shape index (κ2) is 17.3. The van der Waals surface area contributed by atoms with Crippen LogP contribution in [-0.2, 0) is 33.2 Å². The van der Waals surface area contributed by atoms with E-state index in [2.05, 4.69) is 39.1 Å². The van der Waals surface area contributed by atoms with E-state index in [1.54, 1.807) is 0 Å². The number of nitrogens with one attached hydrogen (secondary N) is 1. The third kappa shape index (κ3) is 7.49. The van der Waals surface area contributed by atoms with E-state index in [-0.39, 0.29) is 22.7 Å². The highest BCUT2D eigenvalue weighted by Gasteiger charge is 2.68. The van der Waals surface area contributed by atoms with Crippen molar-refractivity contribution in [3.63, 3.8) is 0 Å². The van der Waals surface area contributed by atoms with E-state index < -0.39 is 111 Å². The summed E-state index contributed by atoms with van der Waals surface area (Å²) in [5, 5.41) is 99.7. The molecule has 8 fully saturated rings. The lowest BCUT2D eigenvalue weighted by Crippen LogP contribution is -2.67. The second-order valence-corrected chi connectivity index (χ2v) is 21.2. The first-order chi connectivity index (χ1) is 29.4. The van der Waals surface area contributed by atoms with Crippen molar-refractivity contribution in [2.45, 2.75) is 202 Å². The molecule has 0 aromatic heterocycles. The molecule has 0 radical (unpaired) electrons. The van der Waals surface area contributed by atoms with Gasteiger partial charge in [-0.05, 0) is 105 Å². The van der Waals surface area contributed by atoms with Crippen LogP contribution in [0, 0.1) is 46.3 Å². The van der Waals surface area contributed by atoms with Gasteiger partial charge in [0.05, 0.1) is 31.5 Å². The quantitative estimate of drug-likeness (QED) is 0.142. The van der Waals surface area contributed by atoms with Crippen LogP contribution in [0.15, 0.2) is 11.6 Å². The first-order valence-corrected chi connectivity index (χ1v) is 23.5. The summed E-state index contributed by atoms with van der Waals surface area (Å²) < 4.78 is 43.9. The number of rotatable bonds is 8. The number of aliphatic hydroxyl groups excluding tert-OH is 9. The molecule has 17 heteroatoms. The van der Waals surface area contributed by atoms with Gasteiger partial charge < -0.3 is 79.1 Å². The van der Waals surface area contributed by atoms with Gasteiger partial charge >= 0.3 is 0 Å². The third-order valence-corrected chi connectivity index (χ3v) is 17.9. The van der Waals surface area contributed by atoms with Gasteiger partial charge in [-0.15, -0.1) is 0 Å². The van der Waals surface area contributed by atoms with E-state index in [9.17, 15) is 46.0 Å². The van der Waals surface area contributed by atoms with Crippen molar-refractivity contribution < 1.29 is 79.1 Å². The minimum atomic E-state index is -1.84. The first kappa shape index (κ1) is 46.2. The van der Waals surface area contributed by atoms with Crippen LogP contribution in [0.25, 0.3) is 0 Å². The van der Waals surface area contributed by atoms with Crippen molar-refractivity contribution in [1.82, 2.24) is 5.32 Å². The second-order valence-electron chi connectivity index (χ2n) is 21.2. The smallest absolute Gasteiger partial charge is 0.187 e. The Hall–Kier alpha value is -0.940. The van der Waals surface area contributed by atoms with Crippen LogP contribution in [0.2, 0.25) is 0 Å². The van der Waals surface area contributed by atoms with Gasteiger partial charge in [0.15, 0.2) is 18.9 Å². The van der Waals surface area contributed by atoms with E-state index in [1.165, 1.54) is 25.3 Å². The number of aliphatic hydroxyl groups is 9. The molecule has 5 heterocycles. The lowest BCUT2D eigenvalue weighted by molar-refractivity contribution is -0.394. The van der Waals surface area contributed by atoms with Crippen LogP contribution < -0.4 is 5.32 Å². The molecule has 9 rings (SSSR count). The molecule has 0 amide bonds. The topological polar surface area (TPSA) is 259 Å². The number of fused-ring (bicyclic) bond motifs is 7. The zero-order chi connectivity index (χ0) is 44.2. The van der Waals surface area contributed by atoms with Crippen LogP contribution in [0.3, 0.4) is 0 Å².